The number of aliphatic hydroxyl groups is 1. The highest BCUT2D eigenvalue weighted by atomic mass is 127. The normalized spacial score (nSPS) is 54.0. The van der Waals surface area contributed by atoms with Crippen molar-refractivity contribution in [3.8, 4) is 0 Å². The number of epoxide rings is 1. The van der Waals surface area contributed by atoms with Crippen molar-refractivity contribution in [2.75, 3.05) is 11.0 Å². The number of hydrogen-bond donors (Lipinski definition) is 1. The summed E-state index contributed by atoms with van der Waals surface area (Å²) >= 11 is 2.10. The SMILES string of the molecule is CC1(C)OC[C@H]([C@H]2OC(O)(CI)[C@H]3O[C@@H]23)O1. The van der Waals surface area contributed by atoms with E-state index in [2.05, 4.69) is 22.6 Å². The molecule has 0 saturated carbocycles. The maximum atomic E-state index is 10.1. The van der Waals surface area contributed by atoms with Gasteiger partial charge in [-0.1, -0.05) is 22.6 Å². The van der Waals surface area contributed by atoms with Crippen molar-refractivity contribution >= 4 is 22.6 Å². The first kappa shape index (κ1) is 11.6. The van der Waals surface area contributed by atoms with Gasteiger partial charge in [-0.25, -0.2) is 0 Å². The summed E-state index contributed by atoms with van der Waals surface area (Å²) in [4.78, 5) is 0. The van der Waals surface area contributed by atoms with Crippen molar-refractivity contribution in [3.05, 3.63) is 0 Å². The van der Waals surface area contributed by atoms with Crippen LogP contribution in [0.1, 0.15) is 13.8 Å². The molecule has 3 heterocycles. The first-order valence-electron chi connectivity index (χ1n) is 5.39. The van der Waals surface area contributed by atoms with E-state index in [4.69, 9.17) is 18.9 Å². The molecule has 92 valence electrons. The number of fused-ring (bicyclic) bond motifs is 1. The zero-order valence-electron chi connectivity index (χ0n) is 9.18. The summed E-state index contributed by atoms with van der Waals surface area (Å²) < 4.78 is 22.8. The number of ether oxygens (including phenoxy) is 4. The Morgan fingerprint density at radius 2 is 2.06 bits per heavy atom. The van der Waals surface area contributed by atoms with E-state index in [1.807, 2.05) is 13.8 Å². The molecule has 0 aromatic carbocycles. The highest BCUT2D eigenvalue weighted by molar-refractivity contribution is 14.1. The van der Waals surface area contributed by atoms with Crippen LogP contribution in [0, 0.1) is 0 Å². The molecule has 3 aliphatic heterocycles. The third kappa shape index (κ3) is 1.70. The fraction of sp³-hybridized carbons (Fsp3) is 1.00. The largest absolute Gasteiger partial charge is 0.363 e. The Bertz CT molecular complexity index is 310. The van der Waals surface area contributed by atoms with Gasteiger partial charge in [-0.3, -0.25) is 0 Å². The molecular formula is C10H15IO5. The molecule has 3 saturated heterocycles. The van der Waals surface area contributed by atoms with Gasteiger partial charge in [0.1, 0.15) is 24.4 Å². The monoisotopic (exact) mass is 342 g/mol. The van der Waals surface area contributed by atoms with Crippen molar-refractivity contribution < 1.29 is 24.1 Å². The van der Waals surface area contributed by atoms with Crippen LogP contribution in [0.15, 0.2) is 0 Å². The van der Waals surface area contributed by atoms with Crippen LogP contribution in [-0.2, 0) is 18.9 Å². The molecule has 0 amide bonds. The third-order valence-corrected chi connectivity index (χ3v) is 4.32. The second-order valence-corrected chi connectivity index (χ2v) is 5.71. The van der Waals surface area contributed by atoms with Gasteiger partial charge in [0, 0.05) is 0 Å². The Balaban J connectivity index is 1.70. The molecule has 16 heavy (non-hydrogen) atoms. The molecule has 3 aliphatic rings. The van der Waals surface area contributed by atoms with Gasteiger partial charge >= 0.3 is 0 Å². The van der Waals surface area contributed by atoms with Crippen LogP contribution < -0.4 is 0 Å². The minimum absolute atomic E-state index is 0.0396. The van der Waals surface area contributed by atoms with Crippen molar-refractivity contribution in [2.24, 2.45) is 0 Å². The van der Waals surface area contributed by atoms with Crippen LogP contribution in [0.2, 0.25) is 0 Å². The summed E-state index contributed by atoms with van der Waals surface area (Å²) in [7, 11) is 0. The summed E-state index contributed by atoms with van der Waals surface area (Å²) in [6, 6.07) is 0. The highest BCUT2D eigenvalue weighted by Crippen LogP contribution is 2.48. The lowest BCUT2D eigenvalue weighted by molar-refractivity contribution is -0.238. The molecule has 0 aliphatic carbocycles. The highest BCUT2D eigenvalue weighted by Gasteiger charge is 2.68. The Hall–Kier alpha value is 0.530. The van der Waals surface area contributed by atoms with Gasteiger partial charge in [0.2, 0.25) is 5.79 Å². The van der Waals surface area contributed by atoms with Gasteiger partial charge in [0.15, 0.2) is 5.79 Å². The van der Waals surface area contributed by atoms with Crippen molar-refractivity contribution in [3.63, 3.8) is 0 Å². The summed E-state index contributed by atoms with van der Waals surface area (Å²) in [5.74, 6) is -1.71. The lowest BCUT2D eigenvalue weighted by Gasteiger charge is -2.27. The quantitative estimate of drug-likeness (QED) is 0.448. The molecule has 0 spiro atoms. The Morgan fingerprint density at radius 1 is 1.31 bits per heavy atom. The van der Waals surface area contributed by atoms with E-state index >= 15 is 0 Å². The first-order chi connectivity index (χ1) is 7.45. The molecule has 1 unspecified atom stereocenters. The molecule has 6 heteroatoms. The first-order valence-corrected chi connectivity index (χ1v) is 6.91. The average molecular weight is 342 g/mol. The maximum Gasteiger partial charge on any atom is 0.204 e. The molecule has 0 radical (unpaired) electrons. The average Bonchev–Trinajstić information content (AvgIpc) is 2.87. The van der Waals surface area contributed by atoms with E-state index < -0.39 is 11.6 Å². The molecule has 5 atom stereocenters. The van der Waals surface area contributed by atoms with Crippen LogP contribution in [-0.4, -0.2) is 52.1 Å². The summed E-state index contributed by atoms with van der Waals surface area (Å²) in [5, 5.41) is 10.1. The molecule has 5 nitrogen and oxygen atoms in total. The van der Waals surface area contributed by atoms with E-state index in [0.717, 1.165) is 0 Å². The fourth-order valence-corrected chi connectivity index (χ4v) is 2.99. The second kappa shape index (κ2) is 3.52. The Morgan fingerprint density at radius 3 is 2.56 bits per heavy atom. The van der Waals surface area contributed by atoms with Gasteiger partial charge in [0.05, 0.1) is 11.0 Å². The summed E-state index contributed by atoms with van der Waals surface area (Å²) in [5.41, 5.74) is 0. The van der Waals surface area contributed by atoms with Crippen molar-refractivity contribution in [1.82, 2.24) is 0 Å². The summed E-state index contributed by atoms with van der Waals surface area (Å²) in [6.07, 6.45) is -0.600. The molecule has 0 aromatic rings. The zero-order chi connectivity index (χ0) is 11.6. The van der Waals surface area contributed by atoms with Crippen molar-refractivity contribution in [1.29, 1.82) is 0 Å². The van der Waals surface area contributed by atoms with Gasteiger partial charge in [-0.15, -0.1) is 0 Å². The number of rotatable bonds is 2. The molecule has 3 rings (SSSR count). The van der Waals surface area contributed by atoms with E-state index in [1.54, 1.807) is 0 Å². The lowest BCUT2D eigenvalue weighted by Crippen LogP contribution is -2.42. The molecule has 1 N–H and O–H groups in total. The molecule has 0 bridgehead atoms. The Kier molecular flexibility index (Phi) is 2.55. The van der Waals surface area contributed by atoms with Crippen LogP contribution in [0.5, 0.6) is 0 Å². The van der Waals surface area contributed by atoms with Crippen LogP contribution in [0.3, 0.4) is 0 Å². The van der Waals surface area contributed by atoms with E-state index in [-0.39, 0.29) is 24.4 Å². The third-order valence-electron chi connectivity index (χ3n) is 3.22. The number of alkyl halides is 1. The lowest BCUT2D eigenvalue weighted by atomic mass is 10.1. The number of hydrogen-bond acceptors (Lipinski definition) is 5. The van der Waals surface area contributed by atoms with Gasteiger partial charge in [-0.2, -0.15) is 0 Å². The minimum atomic E-state index is -1.15. The van der Waals surface area contributed by atoms with Crippen LogP contribution in [0.25, 0.3) is 0 Å². The van der Waals surface area contributed by atoms with E-state index in [9.17, 15) is 5.11 Å². The maximum absolute atomic E-state index is 10.1. The van der Waals surface area contributed by atoms with Crippen molar-refractivity contribution in [2.45, 2.75) is 49.8 Å². The fourth-order valence-electron chi connectivity index (χ4n) is 2.38. The molecular weight excluding hydrogens is 327 g/mol. The van der Waals surface area contributed by atoms with Gasteiger partial charge in [-0.05, 0) is 13.8 Å². The zero-order valence-corrected chi connectivity index (χ0v) is 11.3. The van der Waals surface area contributed by atoms with Gasteiger partial charge in [0.25, 0.3) is 0 Å². The topological polar surface area (TPSA) is 60.5 Å². The standard InChI is InChI=1S/C10H15IO5/c1-9(2)13-3-5(15-9)6-7-8(14-7)10(12,4-11)16-6/h5-8,12H,3-4H2,1-2H3/t5-,6-,7+,8+,10?/m1/s1. The van der Waals surface area contributed by atoms with Crippen LogP contribution in [0.4, 0.5) is 0 Å². The molecule has 3 fully saturated rings. The Labute approximate surface area is 108 Å². The minimum Gasteiger partial charge on any atom is -0.363 e. The summed E-state index contributed by atoms with van der Waals surface area (Å²) in [6.45, 7) is 4.23. The van der Waals surface area contributed by atoms with Crippen LogP contribution >= 0.6 is 22.6 Å². The smallest absolute Gasteiger partial charge is 0.204 e. The van der Waals surface area contributed by atoms with Gasteiger partial charge < -0.3 is 24.1 Å². The van der Waals surface area contributed by atoms with E-state index in [1.165, 1.54) is 0 Å². The predicted octanol–water partition coefficient (Wildman–Crippen LogP) is 0.428. The predicted molar refractivity (Wildman–Crippen MR) is 62.3 cm³/mol. The molecule has 0 aromatic heterocycles. The van der Waals surface area contributed by atoms with E-state index in [0.29, 0.717) is 11.0 Å². The second-order valence-electron chi connectivity index (χ2n) is 4.95. The number of halogens is 1.